The fraction of sp³-hybridized carbons (Fsp3) is 0.269. The highest BCUT2D eigenvalue weighted by molar-refractivity contribution is 5.78. The van der Waals surface area contributed by atoms with Crippen LogP contribution in [0.4, 0.5) is 0 Å². The van der Waals surface area contributed by atoms with Gasteiger partial charge >= 0.3 is 0 Å². The van der Waals surface area contributed by atoms with Gasteiger partial charge in [-0.3, -0.25) is 9.69 Å². The fourth-order valence-corrected chi connectivity index (χ4v) is 3.65. The summed E-state index contributed by atoms with van der Waals surface area (Å²) in [4.78, 5) is 14.9. The number of rotatable bonds is 10. The Kier molecular flexibility index (Phi) is 8.04. The van der Waals surface area contributed by atoms with E-state index in [2.05, 4.69) is 36.2 Å². The Bertz CT molecular complexity index is 909. The first-order valence-corrected chi connectivity index (χ1v) is 10.6. The smallest absolute Gasteiger partial charge is 0.258 e. The molecule has 0 bridgehead atoms. The molecule has 156 valence electrons. The van der Waals surface area contributed by atoms with Crippen molar-refractivity contribution in [2.24, 2.45) is 0 Å². The molecule has 0 spiro atoms. The van der Waals surface area contributed by atoms with Crippen molar-refractivity contribution in [2.45, 2.75) is 19.9 Å². The Morgan fingerprint density at radius 3 is 2.13 bits per heavy atom. The fourth-order valence-electron chi connectivity index (χ4n) is 3.65. The van der Waals surface area contributed by atoms with E-state index < -0.39 is 0 Å². The molecule has 3 aromatic rings. The molecule has 3 rings (SSSR count). The maximum Gasteiger partial charge on any atom is 0.258 e. The van der Waals surface area contributed by atoms with Crippen molar-refractivity contribution in [3.8, 4) is 16.9 Å². The van der Waals surface area contributed by atoms with E-state index in [4.69, 9.17) is 4.74 Å². The summed E-state index contributed by atoms with van der Waals surface area (Å²) in [6.45, 7) is 6.67. The number of hydrogen-bond acceptors (Lipinski definition) is 3. The lowest BCUT2D eigenvalue weighted by atomic mass is 10.0. The van der Waals surface area contributed by atoms with Gasteiger partial charge in [0, 0.05) is 12.1 Å². The summed E-state index contributed by atoms with van der Waals surface area (Å²) in [6.07, 6.45) is 0. The van der Waals surface area contributed by atoms with Gasteiger partial charge in [-0.1, -0.05) is 92.7 Å². The highest BCUT2D eigenvalue weighted by Crippen LogP contribution is 2.29. The third-order valence-corrected chi connectivity index (χ3v) is 5.26. The van der Waals surface area contributed by atoms with Gasteiger partial charge in [0.05, 0.1) is 6.04 Å². The first-order chi connectivity index (χ1) is 14.7. The highest BCUT2D eigenvalue weighted by Gasteiger charge is 2.19. The largest absolute Gasteiger partial charge is 0.483 e. The van der Waals surface area contributed by atoms with E-state index in [0.717, 1.165) is 24.2 Å². The van der Waals surface area contributed by atoms with Crippen molar-refractivity contribution in [2.75, 3.05) is 26.2 Å². The van der Waals surface area contributed by atoms with Crippen molar-refractivity contribution in [1.82, 2.24) is 10.2 Å². The minimum atomic E-state index is -0.119. The monoisotopic (exact) mass is 402 g/mol. The van der Waals surface area contributed by atoms with Gasteiger partial charge in [-0.15, -0.1) is 0 Å². The van der Waals surface area contributed by atoms with E-state index in [1.165, 1.54) is 5.56 Å². The summed E-state index contributed by atoms with van der Waals surface area (Å²) in [6, 6.07) is 28.3. The average Bonchev–Trinajstić information content (AvgIpc) is 2.81. The molecule has 4 nitrogen and oxygen atoms in total. The molecule has 0 aliphatic heterocycles. The number of carbonyl (C=O) groups excluding carboxylic acids is 1. The molecule has 0 saturated carbocycles. The Morgan fingerprint density at radius 2 is 1.47 bits per heavy atom. The zero-order chi connectivity index (χ0) is 21.2. The molecule has 0 radical (unpaired) electrons. The Morgan fingerprint density at radius 1 is 0.867 bits per heavy atom. The van der Waals surface area contributed by atoms with Gasteiger partial charge in [-0.25, -0.2) is 0 Å². The molecule has 1 amide bonds. The molecule has 0 aliphatic rings. The van der Waals surface area contributed by atoms with Crippen LogP contribution in [0.3, 0.4) is 0 Å². The summed E-state index contributed by atoms with van der Waals surface area (Å²) in [7, 11) is 0. The van der Waals surface area contributed by atoms with Crippen LogP contribution in [-0.4, -0.2) is 37.0 Å². The van der Waals surface area contributed by atoms with E-state index in [9.17, 15) is 4.79 Å². The van der Waals surface area contributed by atoms with Gasteiger partial charge in [-0.05, 0) is 30.3 Å². The number of para-hydroxylation sites is 1. The number of nitrogens with zero attached hydrogens (tertiary/aromatic N) is 1. The van der Waals surface area contributed by atoms with Crippen LogP contribution in [0.5, 0.6) is 5.75 Å². The quantitative estimate of drug-likeness (QED) is 0.523. The van der Waals surface area contributed by atoms with Gasteiger partial charge in [0.1, 0.15) is 5.75 Å². The van der Waals surface area contributed by atoms with E-state index in [-0.39, 0.29) is 18.6 Å². The van der Waals surface area contributed by atoms with Gasteiger partial charge in [0.25, 0.3) is 5.91 Å². The lowest BCUT2D eigenvalue weighted by Crippen LogP contribution is -2.39. The van der Waals surface area contributed by atoms with Crippen LogP contribution in [0, 0.1) is 0 Å². The molecular formula is C26H30N2O2. The first-order valence-electron chi connectivity index (χ1n) is 10.6. The third kappa shape index (κ3) is 5.71. The number of benzene rings is 3. The molecule has 0 fully saturated rings. The molecule has 3 aromatic carbocycles. The molecule has 30 heavy (non-hydrogen) atoms. The molecular weight excluding hydrogens is 372 g/mol. The normalized spacial score (nSPS) is 11.8. The second-order valence-corrected chi connectivity index (χ2v) is 7.10. The number of likely N-dealkylation sites (N-methyl/N-ethyl adjacent to an activating group) is 1. The summed E-state index contributed by atoms with van der Waals surface area (Å²) in [5, 5.41) is 3.05. The summed E-state index contributed by atoms with van der Waals surface area (Å²) in [5.41, 5.74) is 3.26. The van der Waals surface area contributed by atoms with Crippen LogP contribution >= 0.6 is 0 Å². The van der Waals surface area contributed by atoms with Crippen LogP contribution in [0.15, 0.2) is 84.9 Å². The van der Waals surface area contributed by atoms with Gasteiger partial charge in [0.2, 0.25) is 0 Å². The first kappa shape index (κ1) is 21.6. The molecule has 0 heterocycles. The zero-order valence-corrected chi connectivity index (χ0v) is 17.8. The van der Waals surface area contributed by atoms with Crippen LogP contribution in [-0.2, 0) is 4.79 Å². The predicted octanol–water partition coefficient (Wildman–Crippen LogP) is 4.93. The lowest BCUT2D eigenvalue weighted by molar-refractivity contribution is -0.123. The van der Waals surface area contributed by atoms with Crippen molar-refractivity contribution < 1.29 is 9.53 Å². The summed E-state index contributed by atoms with van der Waals surface area (Å²) < 4.78 is 5.88. The lowest BCUT2D eigenvalue weighted by Gasteiger charge is -2.30. The number of nitrogens with one attached hydrogen (secondary N) is 1. The van der Waals surface area contributed by atoms with Crippen LogP contribution < -0.4 is 10.1 Å². The van der Waals surface area contributed by atoms with E-state index in [1.807, 2.05) is 72.8 Å². The van der Waals surface area contributed by atoms with Gasteiger partial charge in [-0.2, -0.15) is 0 Å². The molecule has 0 aliphatic carbocycles. The maximum atomic E-state index is 12.5. The highest BCUT2D eigenvalue weighted by atomic mass is 16.5. The number of ether oxygens (including phenoxy) is 1. The van der Waals surface area contributed by atoms with Crippen LogP contribution in [0.1, 0.15) is 25.5 Å². The molecule has 1 unspecified atom stereocenters. The molecule has 1 atom stereocenters. The minimum absolute atomic E-state index is 0.0103. The molecule has 1 N–H and O–H groups in total. The van der Waals surface area contributed by atoms with Crippen molar-refractivity contribution in [3.63, 3.8) is 0 Å². The number of amides is 1. The third-order valence-electron chi connectivity index (χ3n) is 5.26. The SMILES string of the molecule is CCN(CC)C(CNC(=O)COc1ccccc1-c1ccccc1)c1ccccc1. The van der Waals surface area contributed by atoms with Crippen molar-refractivity contribution >= 4 is 5.91 Å². The standard InChI is InChI=1S/C26H30N2O2/c1-3-28(4-2)24(22-15-9-6-10-16-22)19-27-26(29)20-30-25-18-12-11-17-23(25)21-13-7-5-8-14-21/h5-18,24H,3-4,19-20H2,1-2H3,(H,27,29). The van der Waals surface area contributed by atoms with E-state index in [0.29, 0.717) is 12.3 Å². The predicted molar refractivity (Wildman–Crippen MR) is 122 cm³/mol. The van der Waals surface area contributed by atoms with Crippen molar-refractivity contribution in [1.29, 1.82) is 0 Å². The van der Waals surface area contributed by atoms with Crippen molar-refractivity contribution in [3.05, 3.63) is 90.5 Å². The topological polar surface area (TPSA) is 41.6 Å². The minimum Gasteiger partial charge on any atom is -0.483 e. The summed E-state index contributed by atoms with van der Waals surface area (Å²) >= 11 is 0. The summed E-state index contributed by atoms with van der Waals surface area (Å²) in [5.74, 6) is 0.591. The Balaban J connectivity index is 1.62. The zero-order valence-electron chi connectivity index (χ0n) is 17.8. The van der Waals surface area contributed by atoms with Gasteiger partial charge in [0.15, 0.2) is 6.61 Å². The second-order valence-electron chi connectivity index (χ2n) is 7.10. The average molecular weight is 403 g/mol. The second kappa shape index (κ2) is 11.2. The number of carbonyl (C=O) groups is 1. The molecule has 0 aromatic heterocycles. The van der Waals surface area contributed by atoms with Crippen LogP contribution in [0.2, 0.25) is 0 Å². The number of hydrogen-bond donors (Lipinski definition) is 1. The van der Waals surface area contributed by atoms with E-state index in [1.54, 1.807) is 0 Å². The maximum absolute atomic E-state index is 12.5. The Labute approximate surface area is 179 Å². The van der Waals surface area contributed by atoms with Gasteiger partial charge < -0.3 is 10.1 Å². The molecule has 4 heteroatoms. The van der Waals surface area contributed by atoms with Crippen LogP contribution in [0.25, 0.3) is 11.1 Å². The Hall–Kier alpha value is -3.11. The molecule has 0 saturated heterocycles. The van der Waals surface area contributed by atoms with E-state index >= 15 is 0 Å².